The van der Waals surface area contributed by atoms with E-state index in [9.17, 15) is 0 Å². The molecule has 3 heteroatoms. The second kappa shape index (κ2) is 9.18. The zero-order valence-electron chi connectivity index (χ0n) is 12.5. The highest BCUT2D eigenvalue weighted by Gasteiger charge is 2.33. The number of hydrogen-bond acceptors (Lipinski definition) is 0. The summed E-state index contributed by atoms with van der Waals surface area (Å²) in [5.74, 6) is 1.80. The van der Waals surface area contributed by atoms with Gasteiger partial charge in [0.2, 0.25) is 0 Å². The van der Waals surface area contributed by atoms with Crippen molar-refractivity contribution in [2.24, 2.45) is 5.92 Å². The molecule has 0 nitrogen and oxygen atoms in total. The summed E-state index contributed by atoms with van der Waals surface area (Å²) >= 11 is 18.6. The van der Waals surface area contributed by atoms with E-state index in [1.54, 1.807) is 0 Å². The predicted octanol–water partition coefficient (Wildman–Crippen LogP) is 6.66. The molecule has 0 heterocycles. The summed E-state index contributed by atoms with van der Waals surface area (Å²) < 4.78 is 0. The molecule has 1 aromatic carbocycles. The van der Waals surface area contributed by atoms with Crippen molar-refractivity contribution < 1.29 is 0 Å². The molecule has 0 aliphatic carbocycles. The van der Waals surface area contributed by atoms with Crippen molar-refractivity contribution >= 4 is 34.8 Å². The molecule has 0 N–H and O–H groups in total. The minimum atomic E-state index is -0.137. The monoisotopic (exact) mass is 334 g/mol. The lowest BCUT2D eigenvalue weighted by Crippen LogP contribution is -2.33. The van der Waals surface area contributed by atoms with Crippen LogP contribution in [0.4, 0.5) is 0 Å². The fraction of sp³-hybridized carbons (Fsp3) is 0.647. The molecule has 1 aromatic rings. The summed E-state index contributed by atoms with van der Waals surface area (Å²) in [6.45, 7) is 4.50. The molecule has 0 bridgehead atoms. The van der Waals surface area contributed by atoms with Crippen molar-refractivity contribution in [3.05, 3.63) is 34.9 Å². The number of unbranched alkanes of at least 4 members (excludes halogenated alkanes) is 1. The number of halogens is 3. The summed E-state index contributed by atoms with van der Waals surface area (Å²) in [6, 6.07) is 7.99. The zero-order valence-corrected chi connectivity index (χ0v) is 14.7. The Bertz CT molecular complexity index is 368. The summed E-state index contributed by atoms with van der Waals surface area (Å²) in [5, 5.41) is 0.754. The van der Waals surface area contributed by atoms with Crippen molar-refractivity contribution in [1.29, 1.82) is 0 Å². The van der Waals surface area contributed by atoms with Gasteiger partial charge in [-0.3, -0.25) is 0 Å². The van der Waals surface area contributed by atoms with Crippen molar-refractivity contribution in [2.45, 2.75) is 51.4 Å². The highest BCUT2D eigenvalue weighted by Crippen LogP contribution is 2.37. The molecule has 0 spiro atoms. The van der Waals surface area contributed by atoms with Crippen LogP contribution in [0.3, 0.4) is 0 Å². The molecule has 1 rings (SSSR count). The van der Waals surface area contributed by atoms with Crippen LogP contribution >= 0.6 is 34.8 Å². The molecule has 0 radical (unpaired) electrons. The van der Waals surface area contributed by atoms with Gasteiger partial charge < -0.3 is 0 Å². The van der Waals surface area contributed by atoms with Crippen LogP contribution in [0.2, 0.25) is 5.02 Å². The Morgan fingerprint density at radius 3 is 2.10 bits per heavy atom. The van der Waals surface area contributed by atoms with Gasteiger partial charge in [0.05, 0.1) is 0 Å². The molecule has 0 amide bonds. The maximum absolute atomic E-state index is 6.32. The largest absolute Gasteiger partial charge is 0.126 e. The smallest absolute Gasteiger partial charge is 0.0406 e. The van der Waals surface area contributed by atoms with Gasteiger partial charge in [0.1, 0.15) is 0 Å². The van der Waals surface area contributed by atoms with Crippen molar-refractivity contribution in [3.63, 3.8) is 0 Å². The molecule has 0 aliphatic rings. The lowest BCUT2D eigenvalue weighted by Gasteiger charge is -2.34. The minimum absolute atomic E-state index is 0.137. The van der Waals surface area contributed by atoms with Crippen LogP contribution in [0.1, 0.15) is 51.5 Å². The van der Waals surface area contributed by atoms with Crippen LogP contribution in [0.25, 0.3) is 0 Å². The molecule has 0 aliphatic heterocycles. The van der Waals surface area contributed by atoms with E-state index in [1.807, 2.05) is 12.1 Å². The minimum Gasteiger partial charge on any atom is -0.126 e. The van der Waals surface area contributed by atoms with Crippen LogP contribution < -0.4 is 0 Å². The Morgan fingerprint density at radius 1 is 1.05 bits per heavy atom. The summed E-state index contributed by atoms with van der Waals surface area (Å²) in [4.78, 5) is 0. The number of rotatable bonds is 9. The molecule has 0 fully saturated rings. The third-order valence-corrected chi connectivity index (χ3v) is 5.47. The van der Waals surface area contributed by atoms with Gasteiger partial charge in [0.25, 0.3) is 0 Å². The van der Waals surface area contributed by atoms with Crippen LogP contribution in [-0.2, 0) is 5.41 Å². The number of alkyl halides is 2. The molecule has 1 unspecified atom stereocenters. The van der Waals surface area contributed by atoms with Crippen molar-refractivity contribution in [1.82, 2.24) is 0 Å². The van der Waals surface area contributed by atoms with Gasteiger partial charge in [-0.25, -0.2) is 0 Å². The third kappa shape index (κ3) is 4.83. The van der Waals surface area contributed by atoms with E-state index in [2.05, 4.69) is 26.0 Å². The molecule has 1 atom stereocenters. The third-order valence-electron chi connectivity index (χ3n) is 4.19. The molecule has 0 saturated carbocycles. The highest BCUT2D eigenvalue weighted by atomic mass is 35.5. The van der Waals surface area contributed by atoms with Gasteiger partial charge in [-0.1, -0.05) is 63.3 Å². The Hall–Kier alpha value is 0.0900. The maximum atomic E-state index is 6.32. The van der Waals surface area contributed by atoms with Gasteiger partial charge in [0.15, 0.2) is 0 Å². The van der Waals surface area contributed by atoms with Gasteiger partial charge in [-0.15, -0.1) is 23.2 Å². The summed E-state index contributed by atoms with van der Waals surface area (Å²) in [5.41, 5.74) is 1.07. The van der Waals surface area contributed by atoms with E-state index in [0.717, 1.165) is 11.4 Å². The summed E-state index contributed by atoms with van der Waals surface area (Å²) in [6.07, 6.45) is 6.02. The Labute approximate surface area is 138 Å². The van der Waals surface area contributed by atoms with Crippen molar-refractivity contribution in [2.75, 3.05) is 11.8 Å². The van der Waals surface area contributed by atoms with Gasteiger partial charge in [-0.05, 0) is 30.0 Å². The van der Waals surface area contributed by atoms with Crippen LogP contribution in [0.5, 0.6) is 0 Å². The molecule has 114 valence electrons. The normalized spacial score (nSPS) is 13.4. The highest BCUT2D eigenvalue weighted by molar-refractivity contribution is 6.30. The van der Waals surface area contributed by atoms with E-state index < -0.39 is 0 Å². The predicted molar refractivity (Wildman–Crippen MR) is 92.5 cm³/mol. The van der Waals surface area contributed by atoms with E-state index in [4.69, 9.17) is 34.8 Å². The van der Waals surface area contributed by atoms with Gasteiger partial charge >= 0.3 is 0 Å². The number of benzene rings is 1. The number of hydrogen-bond donors (Lipinski definition) is 0. The first-order valence-corrected chi connectivity index (χ1v) is 8.94. The fourth-order valence-electron chi connectivity index (χ4n) is 2.72. The average molecular weight is 336 g/mol. The molecule has 20 heavy (non-hydrogen) atoms. The lowest BCUT2D eigenvalue weighted by atomic mass is 9.75. The first-order chi connectivity index (χ1) is 9.61. The van der Waals surface area contributed by atoms with E-state index in [1.165, 1.54) is 31.2 Å². The van der Waals surface area contributed by atoms with Crippen LogP contribution in [0, 0.1) is 5.92 Å². The Balaban J connectivity index is 2.92. The van der Waals surface area contributed by atoms with Crippen molar-refractivity contribution in [3.8, 4) is 0 Å². The van der Waals surface area contributed by atoms with E-state index in [0.29, 0.717) is 17.7 Å². The SMILES string of the molecule is CCCCC(CC)CC(CCl)(CCl)c1ccc(Cl)cc1. The fourth-order valence-corrected chi connectivity index (χ4v) is 3.65. The average Bonchev–Trinajstić information content (AvgIpc) is 2.49. The lowest BCUT2D eigenvalue weighted by molar-refractivity contribution is 0.333. The van der Waals surface area contributed by atoms with E-state index >= 15 is 0 Å². The van der Waals surface area contributed by atoms with Crippen LogP contribution in [-0.4, -0.2) is 11.8 Å². The molecular formula is C17H25Cl3. The first kappa shape index (κ1) is 18.1. The van der Waals surface area contributed by atoms with Gasteiger partial charge in [0, 0.05) is 22.2 Å². The first-order valence-electron chi connectivity index (χ1n) is 7.49. The second-order valence-electron chi connectivity index (χ2n) is 5.68. The molecule has 0 saturated heterocycles. The van der Waals surface area contributed by atoms with E-state index in [-0.39, 0.29) is 5.41 Å². The quantitative estimate of drug-likeness (QED) is 0.442. The maximum Gasteiger partial charge on any atom is 0.0406 e. The topological polar surface area (TPSA) is 0 Å². The zero-order chi connectivity index (χ0) is 15.0. The second-order valence-corrected chi connectivity index (χ2v) is 6.65. The Morgan fingerprint density at radius 2 is 1.65 bits per heavy atom. The Kier molecular flexibility index (Phi) is 8.32. The molecular weight excluding hydrogens is 311 g/mol. The van der Waals surface area contributed by atoms with Crippen LogP contribution in [0.15, 0.2) is 24.3 Å². The van der Waals surface area contributed by atoms with Gasteiger partial charge in [-0.2, -0.15) is 0 Å². The standard InChI is InChI=1S/C17H25Cl3/c1-3-5-6-14(4-2)11-17(12-18,13-19)15-7-9-16(20)10-8-15/h7-10,14H,3-6,11-13H2,1-2H3. The summed E-state index contributed by atoms with van der Waals surface area (Å²) in [7, 11) is 0. The molecule has 0 aromatic heterocycles.